The fraction of sp³-hybridized carbons (Fsp3) is 0.742. The molecule has 4 radical (unpaired) electrons. The van der Waals surface area contributed by atoms with E-state index < -0.39 is 17.3 Å². The largest absolute Gasteiger partial charge is 0.355 e. The molecule has 8 nitrogen and oxygen atoms in total. The normalized spacial score (nSPS) is 30.5. The summed E-state index contributed by atoms with van der Waals surface area (Å²) < 4.78 is 11.7. The first-order valence-corrected chi connectivity index (χ1v) is 15.0. The van der Waals surface area contributed by atoms with Gasteiger partial charge in [0.2, 0.25) is 15.7 Å². The molecule has 0 bridgehead atoms. The molecule has 0 aromatic carbocycles. The van der Waals surface area contributed by atoms with Crippen LogP contribution < -0.4 is 0 Å². The van der Waals surface area contributed by atoms with Crippen LogP contribution in [-0.2, 0) is 19.1 Å². The van der Waals surface area contributed by atoms with E-state index >= 15 is 0 Å². The first kappa shape index (κ1) is 36.8. The van der Waals surface area contributed by atoms with E-state index in [4.69, 9.17) is 25.2 Å². The molecule has 1 aliphatic carbocycles. The average Bonchev–Trinajstić information content (AvgIpc) is 3.52. The van der Waals surface area contributed by atoms with Crippen LogP contribution in [0.15, 0.2) is 24.3 Å². The zero-order chi connectivity index (χ0) is 31.7. The lowest BCUT2D eigenvalue weighted by atomic mass is 9.81. The highest BCUT2D eigenvalue weighted by atomic mass is 16.5. The van der Waals surface area contributed by atoms with Gasteiger partial charge in [0.05, 0.1) is 24.3 Å². The van der Waals surface area contributed by atoms with Gasteiger partial charge in [-0.1, -0.05) is 52.8 Å². The Labute approximate surface area is 250 Å². The van der Waals surface area contributed by atoms with E-state index in [0.29, 0.717) is 12.3 Å². The Morgan fingerprint density at radius 3 is 2.07 bits per heavy atom. The van der Waals surface area contributed by atoms with Gasteiger partial charge in [-0.2, -0.15) is 0 Å². The molecular weight excluding hydrogens is 518 g/mol. The number of Topliss-reactive ketones (excluding diaryl/α,β-unsaturated/α-hetero) is 1. The van der Waals surface area contributed by atoms with E-state index in [-0.39, 0.29) is 54.4 Å². The third-order valence-electron chi connectivity index (χ3n) is 8.43. The number of rotatable bonds is 8. The summed E-state index contributed by atoms with van der Waals surface area (Å²) in [6.07, 6.45) is 6.87. The van der Waals surface area contributed by atoms with Crippen molar-refractivity contribution in [1.29, 1.82) is 0 Å². The maximum Gasteiger partial charge on any atom is 0.200 e. The fourth-order valence-corrected chi connectivity index (χ4v) is 6.39. The van der Waals surface area contributed by atoms with E-state index in [1.165, 1.54) is 17.9 Å². The summed E-state index contributed by atoms with van der Waals surface area (Å²) in [5.74, 6) is -0.126. The summed E-state index contributed by atoms with van der Waals surface area (Å²) >= 11 is 0. The Bertz CT molecular complexity index is 968. The zero-order valence-corrected chi connectivity index (χ0v) is 26.6. The van der Waals surface area contributed by atoms with Crippen molar-refractivity contribution >= 4 is 38.9 Å². The molecular formula is C31H50B2N2O6. The SMILES string of the molecule is CC.[B]C(=O)N1CO[C@H](C/C=C/C(C)=O)[C@@H]1CC.[B]C(=O)N1[C@@H](CC)[C@@H](CC2C(C)C(=C)CC2C(C)=O)OC1(C)C. The number of carbonyl (C=O) groups is 4. The summed E-state index contributed by atoms with van der Waals surface area (Å²) in [6, 6.07) is -0.0368. The second kappa shape index (κ2) is 16.4. The first-order chi connectivity index (χ1) is 19.2. The molecule has 41 heavy (non-hydrogen) atoms. The monoisotopic (exact) mass is 568 g/mol. The molecule has 3 fully saturated rings. The molecule has 226 valence electrons. The molecule has 3 aliphatic rings. The molecule has 2 saturated heterocycles. The molecule has 0 aromatic heterocycles. The van der Waals surface area contributed by atoms with Gasteiger partial charge < -0.3 is 19.3 Å². The molecule has 7 atom stereocenters. The minimum Gasteiger partial charge on any atom is -0.355 e. The fourth-order valence-electron chi connectivity index (χ4n) is 6.39. The molecule has 1 saturated carbocycles. The van der Waals surface area contributed by atoms with Crippen molar-refractivity contribution in [2.75, 3.05) is 6.73 Å². The number of nitrogens with zero attached hydrogens (tertiary/aromatic N) is 2. The molecule has 2 heterocycles. The van der Waals surface area contributed by atoms with Gasteiger partial charge >= 0.3 is 0 Å². The lowest BCUT2D eigenvalue weighted by Crippen LogP contribution is -2.47. The smallest absolute Gasteiger partial charge is 0.200 e. The topological polar surface area (TPSA) is 93.2 Å². The predicted octanol–water partition coefficient (Wildman–Crippen LogP) is 5.57. The number of amides is 2. The summed E-state index contributed by atoms with van der Waals surface area (Å²) in [5.41, 5.74) is 0.439. The number of ketones is 2. The van der Waals surface area contributed by atoms with Crippen LogP contribution in [-0.4, -0.2) is 85.4 Å². The van der Waals surface area contributed by atoms with Crippen LogP contribution in [0, 0.1) is 17.8 Å². The Morgan fingerprint density at radius 2 is 1.61 bits per heavy atom. The van der Waals surface area contributed by atoms with Crippen LogP contribution in [0.2, 0.25) is 0 Å². The van der Waals surface area contributed by atoms with Gasteiger partial charge in [-0.15, -0.1) is 0 Å². The number of ether oxygens (including phenoxy) is 2. The lowest BCUT2D eigenvalue weighted by molar-refractivity contribution is -0.122. The quantitative estimate of drug-likeness (QED) is 0.216. The Morgan fingerprint density at radius 1 is 1.02 bits per heavy atom. The van der Waals surface area contributed by atoms with Crippen molar-refractivity contribution in [2.24, 2.45) is 17.8 Å². The van der Waals surface area contributed by atoms with Crippen LogP contribution in [0.3, 0.4) is 0 Å². The van der Waals surface area contributed by atoms with Gasteiger partial charge in [0, 0.05) is 5.92 Å². The molecule has 2 aliphatic heterocycles. The second-order valence-corrected chi connectivity index (χ2v) is 11.4. The minimum atomic E-state index is -0.707. The Balaban J connectivity index is 0.000000410. The summed E-state index contributed by atoms with van der Waals surface area (Å²) in [5, 5.41) is 0. The lowest BCUT2D eigenvalue weighted by Gasteiger charge is -2.33. The van der Waals surface area contributed by atoms with Crippen molar-refractivity contribution in [3.8, 4) is 0 Å². The third kappa shape index (κ3) is 9.40. The highest BCUT2D eigenvalue weighted by molar-refractivity contribution is 6.57. The molecule has 2 amide bonds. The van der Waals surface area contributed by atoms with Crippen molar-refractivity contribution in [2.45, 2.75) is 124 Å². The average molecular weight is 568 g/mol. The van der Waals surface area contributed by atoms with Crippen LogP contribution in [0.4, 0.5) is 9.59 Å². The summed E-state index contributed by atoms with van der Waals surface area (Å²) in [4.78, 5) is 48.9. The first-order valence-electron chi connectivity index (χ1n) is 15.0. The summed E-state index contributed by atoms with van der Waals surface area (Å²) in [6.45, 7) is 21.4. The number of carbonyl (C=O) groups excluding carboxylic acids is 4. The second-order valence-electron chi connectivity index (χ2n) is 11.4. The van der Waals surface area contributed by atoms with Crippen molar-refractivity contribution in [1.82, 2.24) is 9.80 Å². The van der Waals surface area contributed by atoms with Gasteiger partial charge in [-0.3, -0.25) is 19.2 Å². The van der Waals surface area contributed by atoms with E-state index in [2.05, 4.69) is 13.5 Å². The van der Waals surface area contributed by atoms with Crippen LogP contribution in [0.25, 0.3) is 0 Å². The van der Waals surface area contributed by atoms with Crippen LogP contribution >= 0.6 is 0 Å². The van der Waals surface area contributed by atoms with Gasteiger partial charge in [0.15, 0.2) is 17.4 Å². The highest BCUT2D eigenvalue weighted by Crippen LogP contribution is 2.46. The molecule has 10 heteroatoms. The molecule has 0 N–H and O–H groups in total. The van der Waals surface area contributed by atoms with Crippen LogP contribution in [0.1, 0.15) is 94.4 Å². The van der Waals surface area contributed by atoms with Gasteiger partial charge in [-0.25, -0.2) is 0 Å². The van der Waals surface area contributed by atoms with E-state index in [1.807, 2.05) is 41.5 Å². The minimum absolute atomic E-state index is 0.00843. The Hall–Kier alpha value is -2.19. The molecule has 3 unspecified atom stereocenters. The van der Waals surface area contributed by atoms with Gasteiger partial charge in [0.1, 0.15) is 18.2 Å². The van der Waals surface area contributed by atoms with Crippen molar-refractivity contribution in [3.05, 3.63) is 24.3 Å². The number of hydrogen-bond acceptors (Lipinski definition) is 6. The van der Waals surface area contributed by atoms with Gasteiger partial charge in [-0.05, 0) is 77.7 Å². The molecule has 0 aromatic rings. The number of allylic oxidation sites excluding steroid dienone is 2. The molecule has 3 rings (SSSR count). The van der Waals surface area contributed by atoms with Crippen molar-refractivity contribution < 1.29 is 28.7 Å². The predicted molar refractivity (Wildman–Crippen MR) is 164 cm³/mol. The Kier molecular flexibility index (Phi) is 14.8. The molecule has 0 spiro atoms. The third-order valence-corrected chi connectivity index (χ3v) is 8.43. The van der Waals surface area contributed by atoms with Crippen LogP contribution in [0.5, 0.6) is 0 Å². The van der Waals surface area contributed by atoms with E-state index in [9.17, 15) is 19.2 Å². The number of hydrogen-bond donors (Lipinski definition) is 0. The van der Waals surface area contributed by atoms with Gasteiger partial charge in [0.25, 0.3) is 0 Å². The zero-order valence-electron chi connectivity index (χ0n) is 26.6. The standard InChI is InChI=1S/C18H28BNO3.C11H16BNO3.C2H6/c1-7-15-16(23-18(5,6)20(15)17(19)22)9-13-11(3)10(2)8-14(13)12(4)21;1-3-9-10(6-4-5-8(2)14)16-7-13(9)11(12)15;1-2/h11,13-16H,2,7-9H2,1,3-6H3;4-5,9-10H,3,6-7H2,1-2H3;1-2H3/b;5-4+;/t11?,13?,14?,15-,16+;9-,10+;/m00./s1. The van der Waals surface area contributed by atoms with E-state index in [1.54, 1.807) is 17.9 Å². The van der Waals surface area contributed by atoms with Crippen molar-refractivity contribution in [3.63, 3.8) is 0 Å². The van der Waals surface area contributed by atoms with E-state index in [0.717, 1.165) is 31.3 Å². The maximum absolute atomic E-state index is 12.0. The highest BCUT2D eigenvalue weighted by Gasteiger charge is 2.50. The maximum atomic E-state index is 12.0. The summed E-state index contributed by atoms with van der Waals surface area (Å²) in [7, 11) is 10.8.